The molecule has 1 aromatic heterocycles. The van der Waals surface area contributed by atoms with Crippen LogP contribution in [0.25, 0.3) is 5.69 Å². The molecule has 0 spiro atoms. The van der Waals surface area contributed by atoms with Gasteiger partial charge in [-0.05, 0) is 43.7 Å². The number of nitrogens with zero attached hydrogens (tertiary/aromatic N) is 2. The lowest BCUT2D eigenvalue weighted by molar-refractivity contribution is 0.102. The fourth-order valence-electron chi connectivity index (χ4n) is 2.41. The number of aryl methyl sites for hydroxylation is 2. The van der Waals surface area contributed by atoms with E-state index < -0.39 is 11.7 Å². The van der Waals surface area contributed by atoms with Gasteiger partial charge in [0.25, 0.3) is 5.91 Å². The first-order chi connectivity index (χ1) is 11.5. The standard InChI is InChI=1S/C18H15ClFN3O/c1-11-8-9-13(20)10-15(11)21-18(24)16-12(2)22-23(17(16)19)14-6-4-3-5-7-14/h3-10H,1-2H3,(H,21,24). The smallest absolute Gasteiger partial charge is 0.260 e. The quantitative estimate of drug-likeness (QED) is 0.759. The van der Waals surface area contributed by atoms with Crippen molar-refractivity contribution in [2.24, 2.45) is 0 Å². The van der Waals surface area contributed by atoms with E-state index in [0.29, 0.717) is 11.4 Å². The third-order valence-electron chi connectivity index (χ3n) is 3.68. The van der Waals surface area contributed by atoms with Gasteiger partial charge in [0, 0.05) is 5.69 Å². The predicted molar refractivity (Wildman–Crippen MR) is 92.4 cm³/mol. The molecule has 1 amide bonds. The van der Waals surface area contributed by atoms with Crippen LogP contribution in [0.4, 0.5) is 10.1 Å². The summed E-state index contributed by atoms with van der Waals surface area (Å²) < 4.78 is 14.9. The Kier molecular flexibility index (Phi) is 4.36. The molecule has 3 aromatic rings. The Bertz CT molecular complexity index is 906. The van der Waals surface area contributed by atoms with Gasteiger partial charge in [-0.25, -0.2) is 9.07 Å². The highest BCUT2D eigenvalue weighted by Crippen LogP contribution is 2.25. The van der Waals surface area contributed by atoms with Crippen LogP contribution in [0.1, 0.15) is 21.6 Å². The van der Waals surface area contributed by atoms with Gasteiger partial charge >= 0.3 is 0 Å². The molecule has 0 aliphatic rings. The SMILES string of the molecule is Cc1ccc(F)cc1NC(=O)c1c(C)nn(-c2ccccc2)c1Cl. The molecule has 1 N–H and O–H groups in total. The molecule has 0 aliphatic heterocycles. The van der Waals surface area contributed by atoms with Gasteiger partial charge in [0.05, 0.1) is 11.4 Å². The van der Waals surface area contributed by atoms with E-state index in [1.54, 1.807) is 19.9 Å². The number of carbonyl (C=O) groups excluding carboxylic acids is 1. The number of amides is 1. The van der Waals surface area contributed by atoms with E-state index in [1.165, 1.54) is 16.8 Å². The average Bonchev–Trinajstić information content (AvgIpc) is 2.86. The molecule has 24 heavy (non-hydrogen) atoms. The Hall–Kier alpha value is -2.66. The van der Waals surface area contributed by atoms with Crippen LogP contribution in [-0.2, 0) is 0 Å². The maximum absolute atomic E-state index is 13.4. The van der Waals surface area contributed by atoms with E-state index in [-0.39, 0.29) is 10.7 Å². The van der Waals surface area contributed by atoms with Crippen LogP contribution in [-0.4, -0.2) is 15.7 Å². The molecular weight excluding hydrogens is 329 g/mol. The molecule has 0 fully saturated rings. The summed E-state index contributed by atoms with van der Waals surface area (Å²) in [6.07, 6.45) is 0. The van der Waals surface area contributed by atoms with Gasteiger partial charge in [-0.3, -0.25) is 4.79 Å². The van der Waals surface area contributed by atoms with E-state index in [9.17, 15) is 9.18 Å². The summed E-state index contributed by atoms with van der Waals surface area (Å²) >= 11 is 6.36. The van der Waals surface area contributed by atoms with Gasteiger partial charge in [-0.1, -0.05) is 35.9 Å². The molecule has 122 valence electrons. The Morgan fingerprint density at radius 1 is 1.17 bits per heavy atom. The summed E-state index contributed by atoms with van der Waals surface area (Å²) in [5, 5.41) is 7.24. The average molecular weight is 344 g/mol. The molecule has 0 atom stereocenters. The summed E-state index contributed by atoms with van der Waals surface area (Å²) in [5.74, 6) is -0.841. The monoisotopic (exact) mass is 343 g/mol. The maximum atomic E-state index is 13.4. The number of nitrogens with one attached hydrogen (secondary N) is 1. The molecule has 0 bridgehead atoms. The number of halogens is 2. The van der Waals surface area contributed by atoms with E-state index >= 15 is 0 Å². The van der Waals surface area contributed by atoms with Gasteiger partial charge in [-0.15, -0.1) is 0 Å². The molecule has 3 rings (SSSR count). The van der Waals surface area contributed by atoms with Crippen molar-refractivity contribution in [2.75, 3.05) is 5.32 Å². The molecule has 0 radical (unpaired) electrons. The highest BCUT2D eigenvalue weighted by Gasteiger charge is 2.21. The van der Waals surface area contributed by atoms with Crippen molar-refractivity contribution in [2.45, 2.75) is 13.8 Å². The van der Waals surface area contributed by atoms with Crippen LogP contribution in [0.15, 0.2) is 48.5 Å². The largest absolute Gasteiger partial charge is 0.321 e. The van der Waals surface area contributed by atoms with Crippen LogP contribution < -0.4 is 5.32 Å². The van der Waals surface area contributed by atoms with Crippen LogP contribution in [0.5, 0.6) is 0 Å². The first-order valence-electron chi connectivity index (χ1n) is 7.35. The number of benzene rings is 2. The zero-order chi connectivity index (χ0) is 17.3. The summed E-state index contributed by atoms with van der Waals surface area (Å²) in [6, 6.07) is 13.5. The number of aromatic nitrogens is 2. The van der Waals surface area contributed by atoms with Gasteiger partial charge < -0.3 is 5.32 Å². The van der Waals surface area contributed by atoms with Crippen molar-refractivity contribution in [3.8, 4) is 5.69 Å². The minimum Gasteiger partial charge on any atom is -0.321 e. The Morgan fingerprint density at radius 2 is 1.88 bits per heavy atom. The maximum Gasteiger partial charge on any atom is 0.260 e. The van der Waals surface area contributed by atoms with E-state index in [0.717, 1.165) is 11.3 Å². The zero-order valence-electron chi connectivity index (χ0n) is 13.2. The zero-order valence-corrected chi connectivity index (χ0v) is 13.9. The second-order valence-corrected chi connectivity index (χ2v) is 5.77. The Balaban J connectivity index is 1.96. The second-order valence-electron chi connectivity index (χ2n) is 5.41. The number of rotatable bonds is 3. The molecule has 6 heteroatoms. The van der Waals surface area contributed by atoms with Crippen molar-refractivity contribution < 1.29 is 9.18 Å². The summed E-state index contributed by atoms with van der Waals surface area (Å²) in [5.41, 5.74) is 2.68. The first-order valence-corrected chi connectivity index (χ1v) is 7.73. The highest BCUT2D eigenvalue weighted by atomic mass is 35.5. The summed E-state index contributed by atoms with van der Waals surface area (Å²) in [4.78, 5) is 12.6. The Labute approximate surface area is 143 Å². The summed E-state index contributed by atoms with van der Waals surface area (Å²) in [6.45, 7) is 3.50. The van der Waals surface area contributed by atoms with Crippen LogP contribution >= 0.6 is 11.6 Å². The molecule has 4 nitrogen and oxygen atoms in total. The lowest BCUT2D eigenvalue weighted by Crippen LogP contribution is -2.14. The number of hydrogen-bond donors (Lipinski definition) is 1. The number of carbonyl (C=O) groups is 1. The third kappa shape index (κ3) is 3.03. The lowest BCUT2D eigenvalue weighted by atomic mass is 10.1. The van der Waals surface area contributed by atoms with E-state index in [1.807, 2.05) is 30.3 Å². The van der Waals surface area contributed by atoms with Gasteiger partial charge in [0.2, 0.25) is 0 Å². The second kappa shape index (κ2) is 6.45. The highest BCUT2D eigenvalue weighted by molar-refractivity contribution is 6.34. The molecule has 0 unspecified atom stereocenters. The normalized spacial score (nSPS) is 10.7. The fourth-order valence-corrected chi connectivity index (χ4v) is 2.77. The number of hydrogen-bond acceptors (Lipinski definition) is 2. The fraction of sp³-hybridized carbons (Fsp3) is 0.111. The van der Waals surface area contributed by atoms with Crippen molar-refractivity contribution in [1.29, 1.82) is 0 Å². The van der Waals surface area contributed by atoms with Crippen molar-refractivity contribution in [3.05, 3.63) is 76.3 Å². The Morgan fingerprint density at radius 3 is 2.58 bits per heavy atom. The van der Waals surface area contributed by atoms with Crippen LogP contribution in [0.2, 0.25) is 5.15 Å². The molecular formula is C18H15ClFN3O. The first kappa shape index (κ1) is 16.2. The minimum absolute atomic E-state index is 0.213. The van der Waals surface area contributed by atoms with E-state index in [4.69, 9.17) is 11.6 Å². The number of anilines is 1. The molecule has 2 aromatic carbocycles. The van der Waals surface area contributed by atoms with Gasteiger partial charge in [0.15, 0.2) is 0 Å². The third-order valence-corrected chi connectivity index (χ3v) is 4.03. The van der Waals surface area contributed by atoms with E-state index in [2.05, 4.69) is 10.4 Å². The van der Waals surface area contributed by atoms with Crippen molar-refractivity contribution >= 4 is 23.2 Å². The molecule has 0 saturated carbocycles. The van der Waals surface area contributed by atoms with Crippen molar-refractivity contribution in [1.82, 2.24) is 9.78 Å². The van der Waals surface area contributed by atoms with Crippen LogP contribution in [0, 0.1) is 19.7 Å². The van der Waals surface area contributed by atoms with Gasteiger partial charge in [-0.2, -0.15) is 5.10 Å². The van der Waals surface area contributed by atoms with Gasteiger partial charge in [0.1, 0.15) is 16.5 Å². The van der Waals surface area contributed by atoms with Crippen LogP contribution in [0.3, 0.4) is 0 Å². The minimum atomic E-state index is -0.423. The molecule has 1 heterocycles. The predicted octanol–water partition coefficient (Wildman–Crippen LogP) is 4.53. The summed E-state index contributed by atoms with van der Waals surface area (Å²) in [7, 11) is 0. The van der Waals surface area contributed by atoms with Crippen molar-refractivity contribution in [3.63, 3.8) is 0 Å². The topological polar surface area (TPSA) is 46.9 Å². The molecule has 0 aliphatic carbocycles. The molecule has 0 saturated heterocycles. The number of para-hydroxylation sites is 1. The lowest BCUT2D eigenvalue weighted by Gasteiger charge is -2.08.